The molecule has 0 heterocycles. The molecule has 3 nitrogen and oxygen atoms in total. The van der Waals surface area contributed by atoms with Crippen LogP contribution in [0.15, 0.2) is 12.1 Å². The monoisotopic (exact) mass is 241 g/mol. The lowest BCUT2D eigenvalue weighted by atomic mass is 10.1. The van der Waals surface area contributed by atoms with E-state index in [4.69, 9.17) is 21.2 Å². The van der Waals surface area contributed by atoms with Crippen LogP contribution >= 0.6 is 11.6 Å². The third-order valence-corrected chi connectivity index (χ3v) is 2.76. The number of nitrogens with one attached hydrogen (secondary N) is 1. The maximum absolute atomic E-state index is 6.19. The van der Waals surface area contributed by atoms with Gasteiger partial charge in [0.05, 0.1) is 18.2 Å². The average molecular weight is 242 g/mol. The van der Waals surface area contributed by atoms with Gasteiger partial charge in [-0.1, -0.05) is 17.7 Å². The zero-order chi connectivity index (χ0) is 11.5. The van der Waals surface area contributed by atoms with Gasteiger partial charge in [-0.3, -0.25) is 0 Å². The van der Waals surface area contributed by atoms with E-state index in [1.165, 1.54) is 0 Å². The van der Waals surface area contributed by atoms with Gasteiger partial charge < -0.3 is 9.57 Å². The molecule has 0 spiro atoms. The molecule has 88 valence electrons. The lowest BCUT2D eigenvalue weighted by Gasteiger charge is -2.14. The molecule has 1 fully saturated rings. The van der Waals surface area contributed by atoms with Gasteiger partial charge in [-0.05, 0) is 31.4 Å². The van der Waals surface area contributed by atoms with Crippen LogP contribution < -0.4 is 10.2 Å². The minimum atomic E-state index is 0.349. The second-order valence-electron chi connectivity index (χ2n) is 4.08. The number of hydrogen-bond donors (Lipinski definition) is 1. The maximum Gasteiger partial charge on any atom is 0.142 e. The van der Waals surface area contributed by atoms with E-state index >= 15 is 0 Å². The molecule has 0 atom stereocenters. The van der Waals surface area contributed by atoms with Crippen molar-refractivity contribution >= 4 is 11.6 Å². The van der Waals surface area contributed by atoms with E-state index in [0.717, 1.165) is 29.7 Å². The van der Waals surface area contributed by atoms with Gasteiger partial charge in [0.15, 0.2) is 0 Å². The fourth-order valence-corrected chi connectivity index (χ4v) is 1.90. The van der Waals surface area contributed by atoms with Gasteiger partial charge in [0.25, 0.3) is 0 Å². The summed E-state index contributed by atoms with van der Waals surface area (Å²) < 4.78 is 5.81. The highest BCUT2D eigenvalue weighted by atomic mass is 35.5. The minimum absolute atomic E-state index is 0.349. The summed E-state index contributed by atoms with van der Waals surface area (Å²) in [5.41, 5.74) is 4.98. The summed E-state index contributed by atoms with van der Waals surface area (Å²) >= 11 is 6.19. The summed E-state index contributed by atoms with van der Waals surface area (Å²) in [6, 6.07) is 3.99. The van der Waals surface area contributed by atoms with E-state index in [2.05, 4.69) is 11.5 Å². The van der Waals surface area contributed by atoms with Crippen molar-refractivity contribution in [1.82, 2.24) is 5.48 Å². The first kappa shape index (κ1) is 11.7. The van der Waals surface area contributed by atoms with Crippen molar-refractivity contribution in [2.75, 3.05) is 7.11 Å². The molecule has 0 bridgehead atoms. The molecule has 1 aliphatic carbocycles. The predicted molar refractivity (Wildman–Crippen MR) is 63.7 cm³/mol. The molecule has 0 unspecified atom stereocenters. The zero-order valence-corrected chi connectivity index (χ0v) is 10.3. The van der Waals surface area contributed by atoms with Crippen LogP contribution in [0.1, 0.15) is 24.0 Å². The number of aryl methyl sites for hydroxylation is 1. The molecule has 0 radical (unpaired) electrons. The van der Waals surface area contributed by atoms with Crippen LogP contribution in [0, 0.1) is 6.92 Å². The van der Waals surface area contributed by atoms with Gasteiger partial charge in [0.1, 0.15) is 5.75 Å². The third kappa shape index (κ3) is 2.88. The Morgan fingerprint density at radius 1 is 1.44 bits per heavy atom. The largest absolute Gasteiger partial charge is 0.489 e. The van der Waals surface area contributed by atoms with E-state index in [1.54, 1.807) is 7.11 Å². The van der Waals surface area contributed by atoms with Crippen molar-refractivity contribution in [2.45, 2.75) is 32.4 Å². The topological polar surface area (TPSA) is 30.5 Å². The van der Waals surface area contributed by atoms with Gasteiger partial charge in [-0.25, -0.2) is 0 Å². The predicted octanol–water partition coefficient (Wildman–Crippen LogP) is 2.84. The second-order valence-corrected chi connectivity index (χ2v) is 4.48. The van der Waals surface area contributed by atoms with Gasteiger partial charge in [0, 0.05) is 12.1 Å². The average Bonchev–Trinajstić information content (AvgIpc) is 3.03. The summed E-state index contributed by atoms with van der Waals surface area (Å²) in [6.45, 7) is 2.61. The Morgan fingerprint density at radius 3 is 2.81 bits per heavy atom. The van der Waals surface area contributed by atoms with Crippen LogP contribution in [-0.4, -0.2) is 13.2 Å². The second kappa shape index (κ2) is 5.04. The van der Waals surface area contributed by atoms with Crippen LogP contribution in [0.3, 0.4) is 0 Å². The van der Waals surface area contributed by atoms with Crippen molar-refractivity contribution < 1.29 is 9.57 Å². The fourth-order valence-electron chi connectivity index (χ4n) is 1.57. The molecule has 4 heteroatoms. The minimum Gasteiger partial charge on any atom is -0.489 e. The van der Waals surface area contributed by atoms with Crippen LogP contribution in [0.25, 0.3) is 0 Å². The van der Waals surface area contributed by atoms with Crippen molar-refractivity contribution in [3.05, 3.63) is 28.3 Å². The maximum atomic E-state index is 6.19. The first-order chi connectivity index (χ1) is 7.70. The molecule has 0 saturated heterocycles. The van der Waals surface area contributed by atoms with Crippen molar-refractivity contribution in [2.24, 2.45) is 0 Å². The summed E-state index contributed by atoms with van der Waals surface area (Å²) in [5, 5.41) is 0.680. The zero-order valence-electron chi connectivity index (χ0n) is 9.55. The quantitative estimate of drug-likeness (QED) is 0.805. The number of ether oxygens (including phenoxy) is 1. The van der Waals surface area contributed by atoms with Crippen LogP contribution in [0.4, 0.5) is 0 Å². The summed E-state index contributed by atoms with van der Waals surface area (Å²) in [7, 11) is 1.60. The van der Waals surface area contributed by atoms with E-state index in [0.29, 0.717) is 17.7 Å². The summed E-state index contributed by atoms with van der Waals surface area (Å²) in [6.07, 6.45) is 2.60. The van der Waals surface area contributed by atoms with E-state index < -0.39 is 0 Å². The molecule has 1 saturated carbocycles. The molecular weight excluding hydrogens is 226 g/mol. The molecule has 1 aliphatic rings. The number of halogens is 1. The molecule has 1 N–H and O–H groups in total. The fraction of sp³-hybridized carbons (Fsp3) is 0.500. The first-order valence-corrected chi connectivity index (χ1v) is 5.80. The Labute approximate surface area is 101 Å². The summed E-state index contributed by atoms with van der Waals surface area (Å²) in [5.74, 6) is 0.791. The molecule has 1 aromatic carbocycles. The van der Waals surface area contributed by atoms with Gasteiger partial charge in [-0.15, -0.1) is 0 Å². The van der Waals surface area contributed by atoms with Crippen LogP contribution in [0.2, 0.25) is 5.02 Å². The highest BCUT2D eigenvalue weighted by Gasteiger charge is 2.25. The Bertz CT molecular complexity index is 378. The van der Waals surface area contributed by atoms with Crippen LogP contribution in [0.5, 0.6) is 5.75 Å². The highest BCUT2D eigenvalue weighted by molar-refractivity contribution is 6.32. The molecule has 16 heavy (non-hydrogen) atoms. The van der Waals surface area contributed by atoms with Crippen molar-refractivity contribution in [1.29, 1.82) is 0 Å². The Morgan fingerprint density at radius 2 is 2.19 bits per heavy atom. The van der Waals surface area contributed by atoms with Crippen molar-refractivity contribution in [3.63, 3.8) is 0 Å². The van der Waals surface area contributed by atoms with E-state index in [9.17, 15) is 0 Å². The molecular formula is C12H16ClNO2. The highest BCUT2D eigenvalue weighted by Crippen LogP contribution is 2.35. The van der Waals surface area contributed by atoms with Crippen molar-refractivity contribution in [3.8, 4) is 5.75 Å². The molecule has 1 aromatic rings. The Hall–Kier alpha value is -0.770. The lowest BCUT2D eigenvalue weighted by Crippen LogP contribution is -2.13. The number of benzene rings is 1. The first-order valence-electron chi connectivity index (χ1n) is 5.42. The van der Waals surface area contributed by atoms with Gasteiger partial charge >= 0.3 is 0 Å². The molecule has 0 aromatic heterocycles. The normalized spacial score (nSPS) is 15.2. The number of rotatable bonds is 5. The number of hydroxylamine groups is 1. The van der Waals surface area contributed by atoms with Crippen LogP contribution in [-0.2, 0) is 11.4 Å². The third-order valence-electron chi connectivity index (χ3n) is 2.48. The van der Waals surface area contributed by atoms with E-state index in [1.807, 2.05) is 13.0 Å². The van der Waals surface area contributed by atoms with E-state index in [-0.39, 0.29) is 0 Å². The SMILES string of the molecule is CONCc1cc(C)cc(Cl)c1OC1CC1. The number of hydrogen-bond acceptors (Lipinski definition) is 3. The standard InChI is InChI=1S/C12H16ClNO2/c1-8-5-9(7-14-15-2)12(11(13)6-8)16-10-3-4-10/h5-6,10,14H,3-4,7H2,1-2H3. The Kier molecular flexibility index (Phi) is 3.69. The summed E-state index contributed by atoms with van der Waals surface area (Å²) in [4.78, 5) is 4.85. The molecule has 0 aliphatic heterocycles. The Balaban J connectivity index is 2.22. The smallest absolute Gasteiger partial charge is 0.142 e. The van der Waals surface area contributed by atoms with Gasteiger partial charge in [-0.2, -0.15) is 5.48 Å². The lowest BCUT2D eigenvalue weighted by molar-refractivity contribution is 0.0858. The molecule has 0 amide bonds. The molecule has 2 rings (SSSR count). The van der Waals surface area contributed by atoms with Gasteiger partial charge in [0.2, 0.25) is 0 Å².